The van der Waals surface area contributed by atoms with Crippen LogP contribution in [0.2, 0.25) is 0 Å². The van der Waals surface area contributed by atoms with Gasteiger partial charge in [-0.15, -0.1) is 0 Å². The van der Waals surface area contributed by atoms with Gasteiger partial charge in [-0.2, -0.15) is 13.2 Å². The van der Waals surface area contributed by atoms with Gasteiger partial charge in [-0.25, -0.2) is 4.98 Å². The van der Waals surface area contributed by atoms with Crippen molar-refractivity contribution in [1.82, 2.24) is 14.8 Å². The van der Waals surface area contributed by atoms with Crippen LogP contribution >= 0.6 is 0 Å². The van der Waals surface area contributed by atoms with Crippen molar-refractivity contribution >= 4 is 17.6 Å². The van der Waals surface area contributed by atoms with Gasteiger partial charge in [0, 0.05) is 51.4 Å². The molecule has 0 radical (unpaired) electrons. The molecule has 0 N–H and O–H groups in total. The number of likely N-dealkylation sites (tertiary alicyclic amines) is 1. The Morgan fingerprint density at radius 3 is 2.15 bits per heavy atom. The summed E-state index contributed by atoms with van der Waals surface area (Å²) in [5, 5.41) is 0. The van der Waals surface area contributed by atoms with E-state index in [1.54, 1.807) is 11.1 Å². The van der Waals surface area contributed by atoms with E-state index >= 15 is 0 Å². The van der Waals surface area contributed by atoms with Crippen LogP contribution in [-0.2, 0) is 9.59 Å². The first-order chi connectivity index (χ1) is 12.4. The number of alkyl halides is 3. The molecule has 2 aliphatic heterocycles. The van der Waals surface area contributed by atoms with Crippen LogP contribution in [0.3, 0.4) is 0 Å². The normalized spacial score (nSPS) is 19.6. The molecule has 6 nitrogen and oxygen atoms in total. The average molecular weight is 370 g/mol. The molecule has 0 saturated carbocycles. The summed E-state index contributed by atoms with van der Waals surface area (Å²) in [6.45, 7) is 2.43. The molecule has 0 bridgehead atoms. The van der Waals surface area contributed by atoms with Gasteiger partial charge in [0.2, 0.25) is 5.91 Å². The van der Waals surface area contributed by atoms with Crippen LogP contribution in [0.5, 0.6) is 0 Å². The Morgan fingerprint density at radius 2 is 1.62 bits per heavy atom. The molecule has 0 aromatic carbocycles. The van der Waals surface area contributed by atoms with E-state index in [0.29, 0.717) is 26.2 Å². The van der Waals surface area contributed by atoms with Crippen molar-refractivity contribution in [2.45, 2.75) is 19.0 Å². The third-order valence-corrected chi connectivity index (χ3v) is 4.94. The highest BCUT2D eigenvalue weighted by Crippen LogP contribution is 2.25. The van der Waals surface area contributed by atoms with E-state index in [1.807, 2.05) is 18.2 Å². The number of piperidine rings is 1. The van der Waals surface area contributed by atoms with E-state index in [0.717, 1.165) is 10.7 Å². The minimum absolute atomic E-state index is 0.0234. The van der Waals surface area contributed by atoms with Crippen molar-refractivity contribution in [3.05, 3.63) is 24.4 Å². The molecule has 3 heterocycles. The smallest absolute Gasteiger partial charge is 0.353 e. The van der Waals surface area contributed by atoms with E-state index in [1.165, 1.54) is 0 Å². The number of amides is 2. The Bertz CT molecular complexity index is 637. The first-order valence-electron chi connectivity index (χ1n) is 8.67. The molecule has 1 aromatic heterocycles. The minimum Gasteiger partial charge on any atom is -0.353 e. The molecule has 0 atom stereocenters. The molecule has 3 rings (SSSR count). The van der Waals surface area contributed by atoms with E-state index in [2.05, 4.69) is 9.88 Å². The molecule has 1 aromatic rings. The summed E-state index contributed by atoms with van der Waals surface area (Å²) in [6.07, 6.45) is -2.57. The van der Waals surface area contributed by atoms with Gasteiger partial charge in [0.25, 0.3) is 0 Å². The lowest BCUT2D eigenvalue weighted by molar-refractivity contribution is -0.187. The zero-order valence-corrected chi connectivity index (χ0v) is 14.3. The molecule has 9 heteroatoms. The summed E-state index contributed by atoms with van der Waals surface area (Å²) in [5.41, 5.74) is 0. The largest absolute Gasteiger partial charge is 0.471 e. The van der Waals surface area contributed by atoms with Crippen LogP contribution in [0.25, 0.3) is 0 Å². The van der Waals surface area contributed by atoms with Crippen molar-refractivity contribution in [3.63, 3.8) is 0 Å². The van der Waals surface area contributed by atoms with Gasteiger partial charge in [0.1, 0.15) is 5.82 Å². The van der Waals surface area contributed by atoms with E-state index in [9.17, 15) is 22.8 Å². The average Bonchev–Trinajstić information content (AvgIpc) is 2.67. The van der Waals surface area contributed by atoms with Crippen LogP contribution in [0.4, 0.5) is 19.0 Å². The van der Waals surface area contributed by atoms with Gasteiger partial charge in [0.05, 0.1) is 0 Å². The summed E-state index contributed by atoms with van der Waals surface area (Å²) >= 11 is 0. The summed E-state index contributed by atoms with van der Waals surface area (Å²) in [5.74, 6) is -1.27. The highest BCUT2D eigenvalue weighted by Gasteiger charge is 2.44. The summed E-state index contributed by atoms with van der Waals surface area (Å²) in [4.78, 5) is 32.9. The lowest BCUT2D eigenvalue weighted by Gasteiger charge is -2.39. The van der Waals surface area contributed by atoms with E-state index in [4.69, 9.17) is 0 Å². The van der Waals surface area contributed by atoms with Crippen LogP contribution in [0.15, 0.2) is 24.4 Å². The number of rotatable bonds is 2. The van der Waals surface area contributed by atoms with Gasteiger partial charge in [-0.05, 0) is 25.0 Å². The Morgan fingerprint density at radius 1 is 0.962 bits per heavy atom. The highest BCUT2D eigenvalue weighted by atomic mass is 19.4. The molecule has 2 amide bonds. The SMILES string of the molecule is O=C(C1CCN(C(=O)C(F)(F)F)CC1)N1CCN(c2ccccn2)CC1. The minimum atomic E-state index is -4.85. The fourth-order valence-electron chi connectivity index (χ4n) is 3.46. The maximum Gasteiger partial charge on any atom is 0.471 e. The molecule has 26 heavy (non-hydrogen) atoms. The lowest BCUT2D eigenvalue weighted by atomic mass is 9.95. The van der Waals surface area contributed by atoms with Crippen LogP contribution in [-0.4, -0.2) is 72.0 Å². The topological polar surface area (TPSA) is 56.8 Å². The second-order valence-electron chi connectivity index (χ2n) is 6.56. The summed E-state index contributed by atoms with van der Waals surface area (Å²) < 4.78 is 37.4. The Hall–Kier alpha value is -2.32. The van der Waals surface area contributed by atoms with Gasteiger partial charge in [0.15, 0.2) is 0 Å². The van der Waals surface area contributed by atoms with Gasteiger partial charge in [-0.3, -0.25) is 9.59 Å². The third-order valence-electron chi connectivity index (χ3n) is 4.94. The van der Waals surface area contributed by atoms with Crippen LogP contribution in [0, 0.1) is 5.92 Å². The number of piperazine rings is 1. The fraction of sp³-hybridized carbons (Fsp3) is 0.588. The Kier molecular flexibility index (Phi) is 5.33. The molecule has 0 spiro atoms. The number of carbonyl (C=O) groups excluding carboxylic acids is 2. The second-order valence-corrected chi connectivity index (χ2v) is 6.56. The molecular weight excluding hydrogens is 349 g/mol. The van der Waals surface area contributed by atoms with Crippen LogP contribution < -0.4 is 4.90 Å². The maximum absolute atomic E-state index is 12.6. The van der Waals surface area contributed by atoms with Crippen LogP contribution in [0.1, 0.15) is 12.8 Å². The zero-order chi connectivity index (χ0) is 18.7. The maximum atomic E-state index is 12.6. The number of anilines is 1. The number of aromatic nitrogens is 1. The number of hydrogen-bond acceptors (Lipinski definition) is 4. The highest BCUT2D eigenvalue weighted by molar-refractivity contribution is 5.83. The van der Waals surface area contributed by atoms with Gasteiger partial charge < -0.3 is 14.7 Å². The molecule has 2 aliphatic rings. The molecule has 0 unspecified atom stereocenters. The first kappa shape index (κ1) is 18.5. The summed E-state index contributed by atoms with van der Waals surface area (Å²) in [6, 6.07) is 5.68. The monoisotopic (exact) mass is 370 g/mol. The molecule has 0 aliphatic carbocycles. The second kappa shape index (κ2) is 7.51. The lowest BCUT2D eigenvalue weighted by Crippen LogP contribution is -2.52. The molecule has 2 fully saturated rings. The standard InChI is InChI=1S/C17H21F3N4O2/c18-17(19,20)16(26)24-7-4-13(5-8-24)15(25)23-11-9-22(10-12-23)14-3-1-2-6-21-14/h1-3,6,13H,4-5,7-12H2. The number of hydrogen-bond donors (Lipinski definition) is 0. The number of nitrogens with zero attached hydrogens (tertiary/aromatic N) is 4. The van der Waals surface area contributed by atoms with Gasteiger partial charge >= 0.3 is 12.1 Å². The fourth-order valence-corrected chi connectivity index (χ4v) is 3.46. The number of carbonyl (C=O) groups is 2. The van der Waals surface area contributed by atoms with E-state index < -0.39 is 12.1 Å². The zero-order valence-electron chi connectivity index (χ0n) is 14.3. The van der Waals surface area contributed by atoms with Gasteiger partial charge in [-0.1, -0.05) is 6.07 Å². The molecule has 142 valence electrons. The Balaban J connectivity index is 1.48. The molecular formula is C17H21F3N4O2. The van der Waals surface area contributed by atoms with Crippen molar-refractivity contribution in [1.29, 1.82) is 0 Å². The van der Waals surface area contributed by atoms with Crippen molar-refractivity contribution in [2.75, 3.05) is 44.2 Å². The number of pyridine rings is 1. The predicted octanol–water partition coefficient (Wildman–Crippen LogP) is 1.53. The van der Waals surface area contributed by atoms with E-state index in [-0.39, 0.29) is 37.8 Å². The molecule has 2 saturated heterocycles. The summed E-state index contributed by atoms with van der Waals surface area (Å²) in [7, 11) is 0. The van der Waals surface area contributed by atoms with Crippen molar-refractivity contribution in [3.8, 4) is 0 Å². The quantitative estimate of drug-likeness (QED) is 0.792. The third kappa shape index (κ3) is 4.08. The Labute approximate surface area is 149 Å². The van der Waals surface area contributed by atoms with Crippen molar-refractivity contribution < 1.29 is 22.8 Å². The van der Waals surface area contributed by atoms with Crippen molar-refractivity contribution in [2.24, 2.45) is 5.92 Å². The number of halogens is 3. The predicted molar refractivity (Wildman–Crippen MR) is 88.4 cm³/mol. The first-order valence-corrected chi connectivity index (χ1v) is 8.67.